The SMILES string of the molecule is [CH3][AlH][O]P1(=O)Oc2c(cc(C(C)(C)C)cc2C(C)(C)C)C(C)c2cc(C(C)(C)C)cc(C(C)(C)C)c2O1. The Bertz CT molecular complexity index is 1130. The zero-order chi connectivity index (χ0) is 28.4. The molecule has 0 saturated carbocycles. The van der Waals surface area contributed by atoms with E-state index in [1.165, 1.54) is 11.1 Å². The highest BCUT2D eigenvalue weighted by molar-refractivity contribution is 7.50. The quantitative estimate of drug-likeness (QED) is 0.280. The standard InChI is InChI=1S/C30H45O4P.CH3.Al.H/c1-18-21-14-19(27(2,3)4)16-23(29(8,9)10)25(21)33-35(31,32)34-26-22(18)15-20(28(5,6)7)17-24(26)30(11,12)13;;;/h14-18H,1-13H3,(H,31,32);1H3;;/q;;+1;/p-1. The molecule has 1 heterocycles. The van der Waals surface area contributed by atoms with Crippen LogP contribution in [0.4, 0.5) is 0 Å². The number of phosphoric acid groups is 1. The summed E-state index contributed by atoms with van der Waals surface area (Å²) in [5.41, 5.74) is 6.02. The molecule has 0 amide bonds. The van der Waals surface area contributed by atoms with Crippen LogP contribution in [0.15, 0.2) is 24.3 Å². The fourth-order valence-corrected chi connectivity index (χ4v) is 7.33. The predicted molar refractivity (Wildman–Crippen MR) is 158 cm³/mol. The summed E-state index contributed by atoms with van der Waals surface area (Å²) in [5.74, 6) is 3.20. The highest BCUT2D eigenvalue weighted by Gasteiger charge is 2.41. The Kier molecular flexibility index (Phi) is 7.98. The monoisotopic (exact) mass is 542 g/mol. The van der Waals surface area contributed by atoms with Gasteiger partial charge in [0, 0.05) is 28.2 Å². The van der Waals surface area contributed by atoms with Crippen molar-refractivity contribution in [3.63, 3.8) is 0 Å². The molecule has 204 valence electrons. The molecule has 0 unspecified atom stereocenters. The van der Waals surface area contributed by atoms with E-state index in [1.54, 1.807) is 0 Å². The summed E-state index contributed by atoms with van der Waals surface area (Å²) < 4.78 is 33.1. The van der Waals surface area contributed by atoms with Crippen molar-refractivity contribution in [3.05, 3.63) is 57.6 Å². The number of fused-ring (bicyclic) bond motifs is 2. The second-order valence-electron chi connectivity index (χ2n) is 14.7. The van der Waals surface area contributed by atoms with Crippen LogP contribution in [-0.4, -0.2) is 15.6 Å². The summed E-state index contributed by atoms with van der Waals surface area (Å²) in [7, 11) is -3.92. The van der Waals surface area contributed by atoms with Gasteiger partial charge >= 0.3 is 23.4 Å². The maximum Gasteiger partial charge on any atom is 0.558 e. The van der Waals surface area contributed by atoms with Crippen LogP contribution >= 0.6 is 7.82 Å². The number of hydrogen-bond donors (Lipinski definition) is 0. The average molecular weight is 543 g/mol. The van der Waals surface area contributed by atoms with Gasteiger partial charge in [-0.2, -0.15) is 0 Å². The maximum absolute atomic E-state index is 14.3. The first-order valence-electron chi connectivity index (χ1n) is 13.6. The van der Waals surface area contributed by atoms with Crippen molar-refractivity contribution in [2.24, 2.45) is 0 Å². The summed E-state index contributed by atoms with van der Waals surface area (Å²) in [5, 5.41) is 0. The maximum atomic E-state index is 14.3. The Morgan fingerprint density at radius 1 is 0.676 bits per heavy atom. The Balaban J connectivity index is 2.54. The van der Waals surface area contributed by atoms with Gasteiger partial charge in [0.2, 0.25) is 0 Å². The summed E-state index contributed by atoms with van der Waals surface area (Å²) in [4.78, 5) is 0. The number of hydrogen-bond acceptors (Lipinski definition) is 4. The van der Waals surface area contributed by atoms with Gasteiger partial charge in [0.25, 0.3) is 0 Å². The highest BCUT2D eigenvalue weighted by Crippen LogP contribution is 2.59. The van der Waals surface area contributed by atoms with Gasteiger partial charge in [-0.25, -0.2) is 4.57 Å². The van der Waals surface area contributed by atoms with E-state index in [-0.39, 0.29) is 27.6 Å². The Morgan fingerprint density at radius 2 is 1.03 bits per heavy atom. The minimum atomic E-state index is -3.92. The molecule has 2 aromatic carbocycles. The van der Waals surface area contributed by atoms with E-state index in [4.69, 9.17) is 12.6 Å². The Morgan fingerprint density at radius 3 is 1.30 bits per heavy atom. The molecule has 1 aliphatic rings. The van der Waals surface area contributed by atoms with Crippen LogP contribution in [-0.2, 0) is 29.8 Å². The highest BCUT2D eigenvalue weighted by atomic mass is 31.2. The van der Waals surface area contributed by atoms with Gasteiger partial charge in [-0.1, -0.05) is 120 Å². The third-order valence-electron chi connectivity index (χ3n) is 7.21. The van der Waals surface area contributed by atoms with Crippen molar-refractivity contribution >= 4 is 23.4 Å². The fraction of sp³-hybridized carbons (Fsp3) is 0.613. The molecule has 0 aromatic heterocycles. The van der Waals surface area contributed by atoms with Crippen LogP contribution in [0.1, 0.15) is 129 Å². The molecule has 6 heteroatoms. The van der Waals surface area contributed by atoms with Crippen LogP contribution in [0.5, 0.6) is 11.5 Å². The van der Waals surface area contributed by atoms with Gasteiger partial charge in [0.15, 0.2) is 0 Å². The first-order chi connectivity index (χ1) is 16.6. The molecular weight excluding hydrogens is 494 g/mol. The van der Waals surface area contributed by atoms with E-state index in [1.807, 2.05) is 5.79 Å². The molecule has 2 aromatic rings. The number of benzene rings is 2. The minimum absolute atomic E-state index is 0.0376. The Hall–Kier alpha value is -1.24. The molecule has 0 saturated heterocycles. The molecule has 3 rings (SSSR count). The largest absolute Gasteiger partial charge is 0.558 e. The van der Waals surface area contributed by atoms with Crippen molar-refractivity contribution in [2.45, 2.75) is 123 Å². The Labute approximate surface area is 232 Å². The molecule has 0 spiro atoms. The molecule has 0 N–H and O–H groups in total. The first kappa shape index (κ1) is 30.3. The first-order valence-corrected chi connectivity index (χ1v) is 17.1. The lowest BCUT2D eigenvalue weighted by Crippen LogP contribution is -2.24. The van der Waals surface area contributed by atoms with Crippen molar-refractivity contribution in [2.75, 3.05) is 0 Å². The summed E-state index contributed by atoms with van der Waals surface area (Å²) in [6.07, 6.45) is 0. The molecule has 0 bridgehead atoms. The van der Waals surface area contributed by atoms with E-state index < -0.39 is 23.4 Å². The van der Waals surface area contributed by atoms with Crippen molar-refractivity contribution in [1.82, 2.24) is 0 Å². The van der Waals surface area contributed by atoms with Gasteiger partial charge < -0.3 is 12.6 Å². The normalized spacial score (nSPS) is 20.6. The van der Waals surface area contributed by atoms with Crippen molar-refractivity contribution < 1.29 is 17.2 Å². The van der Waals surface area contributed by atoms with Gasteiger partial charge in [0.05, 0.1) is 0 Å². The topological polar surface area (TPSA) is 44.8 Å². The molecule has 0 aliphatic carbocycles. The van der Waals surface area contributed by atoms with Crippen LogP contribution in [0.25, 0.3) is 0 Å². The third kappa shape index (κ3) is 6.33. The van der Waals surface area contributed by atoms with E-state index in [0.29, 0.717) is 11.5 Å². The zero-order valence-corrected chi connectivity index (χ0v) is 28.0. The lowest BCUT2D eigenvalue weighted by Gasteiger charge is -2.37. The zero-order valence-electron chi connectivity index (χ0n) is 25.7. The van der Waals surface area contributed by atoms with Crippen molar-refractivity contribution in [3.8, 4) is 11.5 Å². The lowest BCUT2D eigenvalue weighted by molar-refractivity contribution is 0.292. The molecule has 4 nitrogen and oxygen atoms in total. The van der Waals surface area contributed by atoms with Gasteiger partial charge in [-0.05, 0) is 32.8 Å². The molecule has 1 aliphatic heterocycles. The lowest BCUT2D eigenvalue weighted by atomic mass is 9.74. The van der Waals surface area contributed by atoms with Crippen LogP contribution < -0.4 is 9.05 Å². The smallest absolute Gasteiger partial charge is 0.401 e. The average Bonchev–Trinajstić information content (AvgIpc) is 2.69. The van der Waals surface area contributed by atoms with Gasteiger partial charge in [-0.3, -0.25) is 0 Å². The van der Waals surface area contributed by atoms with E-state index in [9.17, 15) is 4.57 Å². The fourth-order valence-electron chi connectivity index (χ4n) is 4.75. The second kappa shape index (κ2) is 9.75. The molecule has 37 heavy (non-hydrogen) atoms. The molecule has 0 atom stereocenters. The molecule has 0 radical (unpaired) electrons. The molecule has 0 fully saturated rings. The second-order valence-corrected chi connectivity index (χ2v) is 17.5. The van der Waals surface area contributed by atoms with Crippen LogP contribution in [0.2, 0.25) is 5.79 Å². The van der Waals surface area contributed by atoms with Crippen LogP contribution in [0.3, 0.4) is 0 Å². The summed E-state index contributed by atoms with van der Waals surface area (Å²) in [6, 6.07) is 8.93. The number of rotatable bonds is 2. The van der Waals surface area contributed by atoms with E-state index in [2.05, 4.69) is 114 Å². The van der Waals surface area contributed by atoms with E-state index in [0.717, 1.165) is 22.3 Å². The summed E-state index contributed by atoms with van der Waals surface area (Å²) >= 11 is -1.09. The summed E-state index contributed by atoms with van der Waals surface area (Å²) in [6.45, 7) is 28.7. The van der Waals surface area contributed by atoms with Crippen molar-refractivity contribution in [1.29, 1.82) is 0 Å². The van der Waals surface area contributed by atoms with E-state index >= 15 is 0 Å². The molecular formula is C31H48AlO4P. The van der Waals surface area contributed by atoms with Crippen LogP contribution in [0, 0.1) is 0 Å². The van der Waals surface area contributed by atoms with Gasteiger partial charge in [-0.15, -0.1) is 0 Å². The number of phosphoric ester groups is 1. The minimum Gasteiger partial charge on any atom is -0.401 e. The predicted octanol–water partition coefficient (Wildman–Crippen LogP) is 9.32. The third-order valence-corrected chi connectivity index (χ3v) is 10.3. The van der Waals surface area contributed by atoms with Gasteiger partial charge in [0.1, 0.15) is 11.5 Å².